The highest BCUT2D eigenvalue weighted by Crippen LogP contribution is 2.30. The molecule has 0 aliphatic rings. The lowest BCUT2D eigenvalue weighted by atomic mass is 10.2. The molecule has 0 saturated carbocycles. The molecule has 1 heterocycles. The molecule has 1 aromatic carbocycles. The molecule has 0 unspecified atom stereocenters. The van der Waals surface area contributed by atoms with Gasteiger partial charge in [0.05, 0.1) is 10.2 Å². The van der Waals surface area contributed by atoms with Gasteiger partial charge >= 0.3 is 0 Å². The number of carbonyl (C=O) groups is 1. The van der Waals surface area contributed by atoms with Crippen molar-refractivity contribution in [2.24, 2.45) is 0 Å². The molecule has 0 aliphatic heterocycles. The van der Waals surface area contributed by atoms with E-state index in [0.717, 1.165) is 20.6 Å². The number of allylic oxidation sites excluding steroid dienone is 1. The molecular weight excluding hydrogens is 314 g/mol. The third-order valence-electron chi connectivity index (χ3n) is 2.66. The molecule has 1 amide bonds. The molecule has 0 spiro atoms. The average Bonchev–Trinajstić information content (AvgIpc) is 2.84. The van der Waals surface area contributed by atoms with E-state index in [0.29, 0.717) is 17.7 Å². The van der Waals surface area contributed by atoms with E-state index in [4.69, 9.17) is 0 Å². The van der Waals surface area contributed by atoms with Crippen molar-refractivity contribution in [3.05, 3.63) is 35.9 Å². The first kappa shape index (κ1) is 15.9. The summed E-state index contributed by atoms with van der Waals surface area (Å²) in [4.78, 5) is 17.8. The van der Waals surface area contributed by atoms with Gasteiger partial charge in [0, 0.05) is 25.4 Å². The van der Waals surface area contributed by atoms with E-state index in [1.807, 2.05) is 6.07 Å². The molecule has 0 bridgehead atoms. The normalized spacial score (nSPS) is 10.7. The Kier molecular flexibility index (Phi) is 5.30. The number of carbonyl (C=O) groups excluding carboxylic acids is 1. The first-order chi connectivity index (χ1) is 9.97. The number of nitrogens with zero attached hydrogens (tertiary/aromatic N) is 2. The van der Waals surface area contributed by atoms with E-state index in [2.05, 4.69) is 4.98 Å². The number of rotatable bonds is 5. The Morgan fingerprint density at radius 1 is 1.43 bits per heavy atom. The standard InChI is InChI=1S/C14H14F2N2OS2/c1-18(2)13(19)9-5-6-11-10(8-9)17-14(21-11)20-7-3-4-12(15)16/h4-6,8H,3,7H2,1-2H3. The van der Waals surface area contributed by atoms with Crippen molar-refractivity contribution in [2.45, 2.75) is 10.8 Å². The van der Waals surface area contributed by atoms with E-state index >= 15 is 0 Å². The van der Waals surface area contributed by atoms with Crippen LogP contribution in [0.1, 0.15) is 16.8 Å². The van der Waals surface area contributed by atoms with Gasteiger partial charge in [-0.3, -0.25) is 4.79 Å². The van der Waals surface area contributed by atoms with Gasteiger partial charge in [0.15, 0.2) is 4.34 Å². The third-order valence-corrected chi connectivity index (χ3v) is 4.88. The van der Waals surface area contributed by atoms with Crippen molar-refractivity contribution in [1.29, 1.82) is 0 Å². The number of thioether (sulfide) groups is 1. The van der Waals surface area contributed by atoms with Gasteiger partial charge in [-0.05, 0) is 30.7 Å². The van der Waals surface area contributed by atoms with Crippen LogP contribution in [0.3, 0.4) is 0 Å². The molecule has 0 fully saturated rings. The quantitative estimate of drug-likeness (QED) is 0.607. The second kappa shape index (κ2) is 7.00. The van der Waals surface area contributed by atoms with Crippen molar-refractivity contribution in [1.82, 2.24) is 9.88 Å². The monoisotopic (exact) mass is 328 g/mol. The van der Waals surface area contributed by atoms with E-state index < -0.39 is 6.08 Å². The minimum Gasteiger partial charge on any atom is -0.345 e. The van der Waals surface area contributed by atoms with Crippen LogP contribution in [0, 0.1) is 0 Å². The Morgan fingerprint density at radius 3 is 2.86 bits per heavy atom. The van der Waals surface area contributed by atoms with Crippen LogP contribution >= 0.6 is 23.1 Å². The number of hydrogen-bond acceptors (Lipinski definition) is 4. The van der Waals surface area contributed by atoms with Crippen molar-refractivity contribution in [2.75, 3.05) is 19.8 Å². The van der Waals surface area contributed by atoms with Crippen molar-refractivity contribution in [3.63, 3.8) is 0 Å². The molecule has 2 aromatic rings. The maximum absolute atomic E-state index is 11.9. The number of hydrogen-bond donors (Lipinski definition) is 0. The minimum absolute atomic E-state index is 0.0670. The maximum Gasteiger partial charge on any atom is 0.266 e. The number of fused-ring (bicyclic) bond motifs is 1. The zero-order valence-electron chi connectivity index (χ0n) is 11.6. The van der Waals surface area contributed by atoms with E-state index in [1.165, 1.54) is 28.0 Å². The van der Waals surface area contributed by atoms with Crippen molar-refractivity contribution >= 4 is 39.2 Å². The second-order valence-corrected chi connectivity index (χ2v) is 6.87. The lowest BCUT2D eigenvalue weighted by molar-refractivity contribution is 0.0827. The van der Waals surface area contributed by atoms with E-state index in [-0.39, 0.29) is 5.91 Å². The van der Waals surface area contributed by atoms with Crippen LogP contribution in [0.15, 0.2) is 34.7 Å². The van der Waals surface area contributed by atoms with Crippen molar-refractivity contribution < 1.29 is 13.6 Å². The SMILES string of the molecule is CN(C)C(=O)c1ccc2sc(SCCC=C(F)F)nc2c1. The van der Waals surface area contributed by atoms with Crippen LogP contribution in [-0.4, -0.2) is 35.6 Å². The van der Waals surface area contributed by atoms with Gasteiger partial charge < -0.3 is 4.90 Å². The molecule has 0 N–H and O–H groups in total. The molecular formula is C14H14F2N2OS2. The lowest BCUT2D eigenvalue weighted by Gasteiger charge is -2.09. The maximum atomic E-state index is 11.9. The fourth-order valence-corrected chi connectivity index (χ4v) is 3.68. The van der Waals surface area contributed by atoms with Crippen LogP contribution in [-0.2, 0) is 0 Å². The number of thiazole rings is 1. The van der Waals surface area contributed by atoms with Crippen LogP contribution in [0.2, 0.25) is 0 Å². The molecule has 0 atom stereocenters. The highest BCUT2D eigenvalue weighted by atomic mass is 32.2. The predicted octanol–water partition coefficient (Wildman–Crippen LogP) is 4.26. The first-order valence-corrected chi connectivity index (χ1v) is 8.04. The van der Waals surface area contributed by atoms with Gasteiger partial charge in [0.2, 0.25) is 0 Å². The highest BCUT2D eigenvalue weighted by molar-refractivity contribution is 8.01. The summed E-state index contributed by atoms with van der Waals surface area (Å²) in [6.45, 7) is 0. The lowest BCUT2D eigenvalue weighted by Crippen LogP contribution is -2.21. The van der Waals surface area contributed by atoms with Gasteiger partial charge in [0.25, 0.3) is 12.0 Å². The van der Waals surface area contributed by atoms with Crippen LogP contribution in [0.25, 0.3) is 10.2 Å². The van der Waals surface area contributed by atoms with E-state index in [9.17, 15) is 13.6 Å². The summed E-state index contributed by atoms with van der Waals surface area (Å²) in [7, 11) is 3.40. The summed E-state index contributed by atoms with van der Waals surface area (Å²) in [6, 6.07) is 5.41. The summed E-state index contributed by atoms with van der Waals surface area (Å²) in [6.07, 6.45) is -0.423. The molecule has 0 aliphatic carbocycles. The Labute approximate surface area is 129 Å². The van der Waals surface area contributed by atoms with Gasteiger partial charge in [-0.2, -0.15) is 8.78 Å². The summed E-state index contributed by atoms with van der Waals surface area (Å²) in [5.74, 6) is 0.489. The number of halogens is 2. The molecule has 0 radical (unpaired) electrons. The minimum atomic E-state index is -1.65. The Bertz CT molecular complexity index is 679. The summed E-state index contributed by atoms with van der Waals surface area (Å²) in [5.41, 5.74) is 1.36. The Hall–Kier alpha value is -1.47. The predicted molar refractivity (Wildman–Crippen MR) is 83.3 cm³/mol. The fraction of sp³-hybridized carbons (Fsp3) is 0.286. The topological polar surface area (TPSA) is 33.2 Å². The summed E-state index contributed by atoms with van der Waals surface area (Å²) < 4.78 is 25.6. The number of aromatic nitrogens is 1. The van der Waals surface area contributed by atoms with Crippen LogP contribution in [0.4, 0.5) is 8.78 Å². The van der Waals surface area contributed by atoms with Crippen LogP contribution < -0.4 is 0 Å². The first-order valence-electron chi connectivity index (χ1n) is 6.23. The van der Waals surface area contributed by atoms with Crippen LogP contribution in [0.5, 0.6) is 0 Å². The smallest absolute Gasteiger partial charge is 0.266 e. The largest absolute Gasteiger partial charge is 0.345 e. The number of benzene rings is 1. The zero-order chi connectivity index (χ0) is 15.4. The van der Waals surface area contributed by atoms with Gasteiger partial charge in [-0.1, -0.05) is 11.8 Å². The average molecular weight is 328 g/mol. The molecule has 3 nitrogen and oxygen atoms in total. The molecule has 0 saturated heterocycles. The molecule has 2 rings (SSSR count). The molecule has 112 valence electrons. The highest BCUT2D eigenvalue weighted by Gasteiger charge is 2.11. The van der Waals surface area contributed by atoms with Crippen molar-refractivity contribution in [3.8, 4) is 0 Å². The fourth-order valence-electron chi connectivity index (χ4n) is 1.67. The van der Waals surface area contributed by atoms with Gasteiger partial charge in [0.1, 0.15) is 0 Å². The van der Waals surface area contributed by atoms with E-state index in [1.54, 1.807) is 26.2 Å². The Morgan fingerprint density at radius 2 is 2.19 bits per heavy atom. The Balaban J connectivity index is 2.11. The zero-order valence-corrected chi connectivity index (χ0v) is 13.2. The van der Waals surface area contributed by atoms with Gasteiger partial charge in [-0.25, -0.2) is 4.98 Å². The molecule has 21 heavy (non-hydrogen) atoms. The third kappa shape index (κ3) is 4.25. The summed E-state index contributed by atoms with van der Waals surface area (Å²) >= 11 is 2.95. The second-order valence-electron chi connectivity index (χ2n) is 4.49. The number of amides is 1. The molecule has 7 heteroatoms. The van der Waals surface area contributed by atoms with Gasteiger partial charge in [-0.15, -0.1) is 11.3 Å². The molecule has 1 aromatic heterocycles. The summed E-state index contributed by atoms with van der Waals surface area (Å²) in [5, 5.41) is 0.